The number of H-pyrrole nitrogens is 1. The minimum Gasteiger partial charge on any atom is -0.376 e. The third-order valence-electron chi connectivity index (χ3n) is 4.86. The molecule has 1 aromatic heterocycles. The van der Waals surface area contributed by atoms with Crippen molar-refractivity contribution in [1.29, 1.82) is 5.26 Å². The smallest absolute Gasteiger partial charge is 0.256 e. The molecule has 1 fully saturated rings. The van der Waals surface area contributed by atoms with Crippen molar-refractivity contribution in [1.82, 2.24) is 14.6 Å². The molecule has 10 heteroatoms. The Morgan fingerprint density at radius 2 is 2.24 bits per heavy atom. The lowest BCUT2D eigenvalue weighted by atomic mass is 10.1. The first kappa shape index (κ1) is 21.0. The van der Waals surface area contributed by atoms with Crippen LogP contribution in [0.3, 0.4) is 0 Å². The monoisotopic (exact) mass is 418 g/mol. The summed E-state index contributed by atoms with van der Waals surface area (Å²) in [5.41, 5.74) is -0.229. The average molecular weight is 418 g/mol. The van der Waals surface area contributed by atoms with Gasteiger partial charge in [0.25, 0.3) is 5.91 Å². The molecule has 1 saturated heterocycles. The molecular formula is C19H22N4O5S. The molecule has 0 spiro atoms. The summed E-state index contributed by atoms with van der Waals surface area (Å²) in [5, 5.41) is 11.5. The molecule has 1 unspecified atom stereocenters. The molecule has 2 N–H and O–H groups in total. The number of hydrogen-bond acceptors (Lipinski definition) is 6. The highest BCUT2D eigenvalue weighted by Gasteiger charge is 2.23. The summed E-state index contributed by atoms with van der Waals surface area (Å²) in [6, 6.07) is 6.02. The number of rotatable bonds is 7. The number of nitrogens with one attached hydrogen (secondary N) is 2. The maximum Gasteiger partial charge on any atom is 0.256 e. The molecule has 1 aromatic carbocycles. The highest BCUT2D eigenvalue weighted by atomic mass is 32.2. The Hall–Kier alpha value is -2.74. The van der Waals surface area contributed by atoms with Gasteiger partial charge < -0.3 is 15.0 Å². The second kappa shape index (κ2) is 8.73. The molecule has 1 aliphatic rings. The molecule has 0 bridgehead atoms. The molecule has 9 nitrogen and oxygen atoms in total. The van der Waals surface area contributed by atoms with Crippen LogP contribution in [0.4, 0.5) is 0 Å². The molecule has 3 rings (SSSR count). The van der Waals surface area contributed by atoms with Crippen molar-refractivity contribution in [3.8, 4) is 6.07 Å². The van der Waals surface area contributed by atoms with E-state index in [1.807, 2.05) is 6.07 Å². The number of nitriles is 1. The van der Waals surface area contributed by atoms with Crippen LogP contribution in [-0.4, -0.2) is 56.5 Å². The van der Waals surface area contributed by atoms with Crippen molar-refractivity contribution in [2.24, 2.45) is 0 Å². The molecule has 0 aliphatic carbocycles. The number of sulfonamides is 1. The van der Waals surface area contributed by atoms with E-state index < -0.39 is 21.4 Å². The zero-order chi connectivity index (χ0) is 21.0. The van der Waals surface area contributed by atoms with Crippen molar-refractivity contribution in [2.75, 3.05) is 26.7 Å². The third-order valence-corrected chi connectivity index (χ3v) is 6.71. The topological polar surface area (TPSA) is 132 Å². The summed E-state index contributed by atoms with van der Waals surface area (Å²) >= 11 is 0. The van der Waals surface area contributed by atoms with Crippen LogP contribution >= 0.6 is 0 Å². The van der Waals surface area contributed by atoms with Crippen LogP contribution in [0.1, 0.15) is 29.6 Å². The van der Waals surface area contributed by atoms with Crippen LogP contribution in [0.25, 0.3) is 10.9 Å². The second-order valence-electron chi connectivity index (χ2n) is 6.82. The molecule has 154 valence electrons. The van der Waals surface area contributed by atoms with Gasteiger partial charge in [-0.15, -0.1) is 0 Å². The number of carbonyl (C=O) groups excluding carboxylic acids is 1. The van der Waals surface area contributed by atoms with Crippen LogP contribution in [0.15, 0.2) is 34.1 Å². The first-order valence-electron chi connectivity index (χ1n) is 9.23. The molecule has 2 aromatic rings. The quantitative estimate of drug-likeness (QED) is 0.689. The van der Waals surface area contributed by atoms with Crippen molar-refractivity contribution in [2.45, 2.75) is 30.3 Å². The lowest BCUT2D eigenvalue weighted by Gasteiger charge is -2.16. The molecule has 1 amide bonds. The van der Waals surface area contributed by atoms with Crippen LogP contribution in [0.2, 0.25) is 0 Å². The van der Waals surface area contributed by atoms with E-state index in [1.54, 1.807) is 0 Å². The Kier molecular flexibility index (Phi) is 6.32. The molecule has 1 atom stereocenters. The van der Waals surface area contributed by atoms with Crippen LogP contribution < -0.4 is 10.7 Å². The van der Waals surface area contributed by atoms with Gasteiger partial charge in [-0.25, -0.2) is 8.42 Å². The van der Waals surface area contributed by atoms with Crippen molar-refractivity contribution >= 4 is 26.8 Å². The number of amides is 1. The number of fused-ring (bicyclic) bond motifs is 1. The van der Waals surface area contributed by atoms with Crippen LogP contribution in [-0.2, 0) is 14.8 Å². The van der Waals surface area contributed by atoms with E-state index in [0.717, 1.165) is 17.1 Å². The van der Waals surface area contributed by atoms with E-state index >= 15 is 0 Å². The lowest BCUT2D eigenvalue weighted by Crippen LogP contribution is -2.34. The normalized spacial score (nSPS) is 16.8. The molecular weight excluding hydrogens is 396 g/mol. The first-order chi connectivity index (χ1) is 13.8. The van der Waals surface area contributed by atoms with E-state index in [2.05, 4.69) is 10.3 Å². The Bertz CT molecular complexity index is 1110. The van der Waals surface area contributed by atoms with Crippen molar-refractivity contribution in [3.63, 3.8) is 0 Å². The highest BCUT2D eigenvalue weighted by molar-refractivity contribution is 7.89. The minimum absolute atomic E-state index is 0.0406. The zero-order valence-electron chi connectivity index (χ0n) is 16.0. The Balaban J connectivity index is 1.89. The summed E-state index contributed by atoms with van der Waals surface area (Å²) < 4.78 is 31.9. The number of hydrogen-bond donors (Lipinski definition) is 2. The summed E-state index contributed by atoms with van der Waals surface area (Å²) in [5.74, 6) is -0.539. The van der Waals surface area contributed by atoms with Crippen molar-refractivity contribution in [3.05, 3.63) is 40.2 Å². The van der Waals surface area contributed by atoms with Gasteiger partial charge in [0.05, 0.1) is 17.1 Å². The first-order valence-corrected chi connectivity index (χ1v) is 10.7. The average Bonchev–Trinajstić information content (AvgIpc) is 3.24. The molecule has 1 aliphatic heterocycles. The Labute approximate surface area is 168 Å². The summed E-state index contributed by atoms with van der Waals surface area (Å²) in [4.78, 5) is 28.0. The Morgan fingerprint density at radius 1 is 1.45 bits per heavy atom. The Morgan fingerprint density at radius 3 is 2.93 bits per heavy atom. The molecule has 2 heterocycles. The van der Waals surface area contributed by atoms with E-state index in [4.69, 9.17) is 10.00 Å². The van der Waals surface area contributed by atoms with Gasteiger partial charge in [-0.05, 0) is 31.0 Å². The number of carbonyl (C=O) groups is 1. The van der Waals surface area contributed by atoms with E-state index in [9.17, 15) is 18.0 Å². The summed E-state index contributed by atoms with van der Waals surface area (Å²) in [6.07, 6.45) is 3.12. The number of benzene rings is 1. The predicted octanol–water partition coefficient (Wildman–Crippen LogP) is 0.971. The fourth-order valence-electron chi connectivity index (χ4n) is 3.14. The van der Waals surface area contributed by atoms with E-state index in [-0.39, 0.29) is 34.9 Å². The molecule has 0 saturated carbocycles. The third kappa shape index (κ3) is 4.48. The molecule has 29 heavy (non-hydrogen) atoms. The van der Waals surface area contributed by atoms with Crippen LogP contribution in [0, 0.1) is 11.3 Å². The number of aromatic amines is 1. The van der Waals surface area contributed by atoms with Gasteiger partial charge in [0.1, 0.15) is 5.56 Å². The lowest BCUT2D eigenvalue weighted by molar-refractivity contribution is 0.0857. The number of aromatic nitrogens is 1. The number of nitrogens with zero attached hydrogens (tertiary/aromatic N) is 2. The minimum atomic E-state index is -3.86. The number of pyridine rings is 1. The van der Waals surface area contributed by atoms with Gasteiger partial charge in [-0.3, -0.25) is 9.59 Å². The summed E-state index contributed by atoms with van der Waals surface area (Å²) in [6.45, 7) is 1.02. The van der Waals surface area contributed by atoms with E-state index in [1.165, 1.54) is 31.4 Å². The molecule has 0 radical (unpaired) electrons. The fraction of sp³-hybridized carbons (Fsp3) is 0.421. The van der Waals surface area contributed by atoms with Gasteiger partial charge >= 0.3 is 0 Å². The largest absolute Gasteiger partial charge is 0.376 e. The van der Waals surface area contributed by atoms with E-state index in [0.29, 0.717) is 18.7 Å². The van der Waals surface area contributed by atoms with Crippen LogP contribution in [0.5, 0.6) is 0 Å². The SMILES string of the molecule is CN(CCC#N)S(=O)(=O)c1ccc2[nH]cc(C(=O)NCC3CCCO3)c(=O)c2c1. The predicted molar refractivity (Wildman–Crippen MR) is 106 cm³/mol. The van der Waals surface area contributed by atoms with Gasteiger partial charge in [-0.1, -0.05) is 0 Å². The zero-order valence-corrected chi connectivity index (χ0v) is 16.8. The fourth-order valence-corrected chi connectivity index (χ4v) is 4.34. The summed E-state index contributed by atoms with van der Waals surface area (Å²) in [7, 11) is -2.49. The second-order valence-corrected chi connectivity index (χ2v) is 8.86. The van der Waals surface area contributed by atoms with Gasteiger partial charge in [0.15, 0.2) is 0 Å². The highest BCUT2D eigenvalue weighted by Crippen LogP contribution is 2.19. The van der Waals surface area contributed by atoms with Gasteiger partial charge in [-0.2, -0.15) is 9.57 Å². The van der Waals surface area contributed by atoms with Gasteiger partial charge in [0.2, 0.25) is 15.5 Å². The maximum atomic E-state index is 12.8. The maximum absolute atomic E-state index is 12.8. The number of ether oxygens (including phenoxy) is 1. The standard InChI is InChI=1S/C19H22N4O5S/c1-23(8-3-7-20)29(26,27)14-5-6-17-15(10-14)18(24)16(12-21-17)19(25)22-11-13-4-2-9-28-13/h5-6,10,12-13H,2-4,8-9,11H2,1H3,(H,21,24)(H,22,25). The van der Waals surface area contributed by atoms with Gasteiger partial charge in [0, 0.05) is 50.3 Å². The van der Waals surface area contributed by atoms with Crippen molar-refractivity contribution < 1.29 is 17.9 Å².